The van der Waals surface area contributed by atoms with E-state index in [2.05, 4.69) is 9.12 Å². The summed E-state index contributed by atoms with van der Waals surface area (Å²) in [6.07, 6.45) is 0. The van der Waals surface area contributed by atoms with Gasteiger partial charge in [0.25, 0.3) is 0 Å². The number of amidine groups is 1. The lowest BCUT2D eigenvalue weighted by Gasteiger charge is -1.99. The van der Waals surface area contributed by atoms with Crippen molar-refractivity contribution < 1.29 is 0 Å². The predicted octanol–water partition coefficient (Wildman–Crippen LogP) is 2.92. The molecule has 1 aromatic carbocycles. The first-order valence-electron chi connectivity index (χ1n) is 3.25. The van der Waals surface area contributed by atoms with Gasteiger partial charge in [-0.05, 0) is 12.1 Å². The number of halogens is 1. The third-order valence-electron chi connectivity index (χ3n) is 1.40. The van der Waals surface area contributed by atoms with Crippen LogP contribution in [0.1, 0.15) is 5.56 Å². The third kappa shape index (κ3) is 1.55. The molecule has 5 heteroatoms. The maximum absolute atomic E-state index is 5.94. The van der Waals surface area contributed by atoms with E-state index in [1.165, 1.54) is 22.0 Å². The second-order valence-corrected chi connectivity index (χ2v) is 4.10. The molecule has 12 heavy (non-hydrogen) atoms. The third-order valence-corrected chi connectivity index (χ3v) is 2.93. The first-order chi connectivity index (χ1) is 5.88. The van der Waals surface area contributed by atoms with E-state index in [-0.39, 0.29) is 0 Å². The van der Waals surface area contributed by atoms with Crippen molar-refractivity contribution >= 4 is 39.4 Å². The molecule has 0 aliphatic carbocycles. The van der Waals surface area contributed by atoms with Gasteiger partial charge in [-0.15, -0.1) is 0 Å². The lowest BCUT2D eigenvalue weighted by molar-refractivity contribution is 1.47. The highest BCUT2D eigenvalue weighted by molar-refractivity contribution is 8.76. The topological polar surface area (TPSA) is 26.5 Å². The molecule has 0 atom stereocenters. The highest BCUT2D eigenvalue weighted by atomic mass is 35.5. The van der Waals surface area contributed by atoms with Gasteiger partial charge in [-0.3, -0.25) is 0 Å². The number of hydrogen-bond donors (Lipinski definition) is 0. The quantitative estimate of drug-likeness (QED) is 0.532. The largest absolute Gasteiger partial charge is 0.182 e. The molecule has 0 amide bonds. The highest BCUT2D eigenvalue weighted by Gasteiger charge is 2.14. The second kappa shape index (κ2) is 3.60. The first kappa shape index (κ1) is 8.29. The normalized spacial score (nSPS) is 15.6. The Bertz CT molecular complexity index is 327. The average Bonchev–Trinajstić information content (AvgIpc) is 2.57. The van der Waals surface area contributed by atoms with Crippen molar-refractivity contribution in [2.45, 2.75) is 0 Å². The van der Waals surface area contributed by atoms with Crippen LogP contribution < -0.4 is 4.72 Å². The first-order valence-corrected chi connectivity index (χ1v) is 5.69. The molecule has 0 saturated heterocycles. The molecule has 2 nitrogen and oxygen atoms in total. The predicted molar refractivity (Wildman–Crippen MR) is 55.3 cm³/mol. The van der Waals surface area contributed by atoms with Gasteiger partial charge in [-0.2, -0.15) is 9.12 Å². The van der Waals surface area contributed by atoms with Crippen LogP contribution in [0.2, 0.25) is 5.02 Å². The van der Waals surface area contributed by atoms with Crippen LogP contribution >= 0.6 is 33.6 Å². The van der Waals surface area contributed by atoms with E-state index in [4.69, 9.17) is 11.6 Å². The number of benzene rings is 1. The van der Waals surface area contributed by atoms with E-state index in [9.17, 15) is 0 Å². The van der Waals surface area contributed by atoms with Crippen molar-refractivity contribution in [2.75, 3.05) is 0 Å². The molecular formula is C7H4ClN2S2. The van der Waals surface area contributed by atoms with E-state index in [1.807, 2.05) is 24.3 Å². The van der Waals surface area contributed by atoms with Crippen molar-refractivity contribution in [3.63, 3.8) is 0 Å². The summed E-state index contributed by atoms with van der Waals surface area (Å²) in [5, 5.41) is 0.697. The molecule has 0 unspecified atom stereocenters. The van der Waals surface area contributed by atoms with Crippen LogP contribution in [0.3, 0.4) is 0 Å². The average molecular weight is 216 g/mol. The van der Waals surface area contributed by atoms with E-state index in [0.29, 0.717) is 5.02 Å². The van der Waals surface area contributed by atoms with Crippen LogP contribution in [-0.2, 0) is 0 Å². The summed E-state index contributed by atoms with van der Waals surface area (Å²) in [6, 6.07) is 7.56. The molecule has 0 N–H and O–H groups in total. The Morgan fingerprint density at radius 2 is 2.00 bits per heavy atom. The summed E-state index contributed by atoms with van der Waals surface area (Å²) >= 11 is 5.94. The standard InChI is InChI=1S/C7H4ClN2S2/c8-6-4-2-1-3-5(6)7-9-11-12-10-7/h1-4H. The summed E-state index contributed by atoms with van der Waals surface area (Å²) < 4.78 is 8.22. The van der Waals surface area contributed by atoms with Crippen LogP contribution in [0, 0.1) is 0 Å². The zero-order chi connectivity index (χ0) is 8.39. The van der Waals surface area contributed by atoms with Gasteiger partial charge in [0.2, 0.25) is 0 Å². The molecule has 0 saturated carbocycles. The molecular weight excluding hydrogens is 212 g/mol. The maximum Gasteiger partial charge on any atom is 0.178 e. The zero-order valence-electron chi connectivity index (χ0n) is 5.90. The second-order valence-electron chi connectivity index (χ2n) is 2.14. The summed E-state index contributed by atoms with van der Waals surface area (Å²) in [5.41, 5.74) is 0.900. The minimum absolute atomic E-state index is 0.697. The lowest BCUT2D eigenvalue weighted by Crippen LogP contribution is -2.05. The molecule has 1 aliphatic rings. The fourth-order valence-corrected chi connectivity index (χ4v) is 2.24. The van der Waals surface area contributed by atoms with Gasteiger partial charge in [0.15, 0.2) is 5.84 Å². The monoisotopic (exact) mass is 215 g/mol. The van der Waals surface area contributed by atoms with Crippen molar-refractivity contribution in [3.8, 4) is 0 Å². The van der Waals surface area contributed by atoms with Gasteiger partial charge in [0.1, 0.15) is 0 Å². The molecule has 1 aromatic rings. The molecule has 0 bridgehead atoms. The molecule has 0 spiro atoms. The Morgan fingerprint density at radius 1 is 1.17 bits per heavy atom. The van der Waals surface area contributed by atoms with Gasteiger partial charge in [-0.25, -0.2) is 0 Å². The SMILES string of the molecule is Clc1ccccc1C1=NSS[N]1. The van der Waals surface area contributed by atoms with Crippen molar-refractivity contribution in [2.24, 2.45) is 4.40 Å². The summed E-state index contributed by atoms with van der Waals surface area (Å²) in [4.78, 5) is 0. The Kier molecular flexibility index (Phi) is 2.48. The van der Waals surface area contributed by atoms with Crippen LogP contribution in [-0.4, -0.2) is 5.84 Å². The summed E-state index contributed by atoms with van der Waals surface area (Å²) in [7, 11) is 2.73. The molecule has 0 aromatic heterocycles. The fraction of sp³-hybridized carbons (Fsp3) is 0. The van der Waals surface area contributed by atoms with Gasteiger partial charge in [0, 0.05) is 5.56 Å². The highest BCUT2D eigenvalue weighted by Crippen LogP contribution is 2.30. The van der Waals surface area contributed by atoms with Crippen molar-refractivity contribution in [1.29, 1.82) is 0 Å². The zero-order valence-corrected chi connectivity index (χ0v) is 8.29. The molecule has 61 valence electrons. The molecule has 1 heterocycles. The van der Waals surface area contributed by atoms with Gasteiger partial charge >= 0.3 is 0 Å². The molecule has 1 radical (unpaired) electrons. The maximum atomic E-state index is 5.94. The number of rotatable bonds is 1. The minimum atomic E-state index is 0.697. The van der Waals surface area contributed by atoms with Crippen LogP contribution in [0.5, 0.6) is 0 Å². The molecule has 2 rings (SSSR count). The molecule has 1 aliphatic heterocycles. The van der Waals surface area contributed by atoms with Gasteiger partial charge in [0.05, 0.1) is 27.0 Å². The Hall–Kier alpha value is -0.320. The summed E-state index contributed by atoms with van der Waals surface area (Å²) in [6.45, 7) is 0. The van der Waals surface area contributed by atoms with Crippen LogP contribution in [0.15, 0.2) is 28.7 Å². The lowest BCUT2D eigenvalue weighted by atomic mass is 10.2. The van der Waals surface area contributed by atoms with E-state index >= 15 is 0 Å². The summed E-state index contributed by atoms with van der Waals surface area (Å²) in [5.74, 6) is 0.718. The Balaban J connectivity index is 2.39. The Labute approximate surface area is 83.5 Å². The van der Waals surface area contributed by atoms with E-state index in [1.54, 1.807) is 0 Å². The van der Waals surface area contributed by atoms with E-state index < -0.39 is 0 Å². The van der Waals surface area contributed by atoms with E-state index in [0.717, 1.165) is 11.4 Å². The number of hydrogen-bond acceptors (Lipinski definition) is 3. The molecule has 0 fully saturated rings. The minimum Gasteiger partial charge on any atom is -0.182 e. The van der Waals surface area contributed by atoms with Gasteiger partial charge < -0.3 is 0 Å². The smallest absolute Gasteiger partial charge is 0.178 e. The Morgan fingerprint density at radius 3 is 2.67 bits per heavy atom. The van der Waals surface area contributed by atoms with Gasteiger partial charge in [-0.1, -0.05) is 23.7 Å². The number of nitrogens with zero attached hydrogens (tertiary/aromatic N) is 2. The van der Waals surface area contributed by atoms with Crippen LogP contribution in [0.4, 0.5) is 0 Å². The van der Waals surface area contributed by atoms with Crippen molar-refractivity contribution in [1.82, 2.24) is 4.72 Å². The van der Waals surface area contributed by atoms with Crippen LogP contribution in [0.25, 0.3) is 0 Å². The van der Waals surface area contributed by atoms with Crippen molar-refractivity contribution in [3.05, 3.63) is 34.9 Å². The fourth-order valence-electron chi connectivity index (χ4n) is 0.861.